The van der Waals surface area contributed by atoms with Gasteiger partial charge in [-0.05, 0) is 49.6 Å². The molecule has 0 bridgehead atoms. The van der Waals surface area contributed by atoms with Crippen molar-refractivity contribution in [3.63, 3.8) is 0 Å². The molecule has 0 amide bonds. The summed E-state index contributed by atoms with van der Waals surface area (Å²) in [5.41, 5.74) is 5.12. The second kappa shape index (κ2) is 9.70. The summed E-state index contributed by atoms with van der Waals surface area (Å²) in [6.07, 6.45) is 6.04. The molecule has 1 unspecified atom stereocenters. The zero-order chi connectivity index (χ0) is 24.6. The lowest BCUT2D eigenvalue weighted by atomic mass is 9.83. The molecule has 0 N–H and O–H groups in total. The topological polar surface area (TPSA) is 54.2 Å². The van der Waals surface area contributed by atoms with Crippen LogP contribution in [0.15, 0.2) is 30.3 Å². The summed E-state index contributed by atoms with van der Waals surface area (Å²) >= 11 is 0. The van der Waals surface area contributed by atoms with E-state index in [9.17, 15) is 0 Å². The third-order valence-corrected chi connectivity index (χ3v) is 8.07. The van der Waals surface area contributed by atoms with Gasteiger partial charge in [0.2, 0.25) is 5.69 Å². The van der Waals surface area contributed by atoms with Gasteiger partial charge in [-0.3, -0.25) is 4.48 Å². The number of benzene rings is 1. The molecule has 2 aliphatic rings. The van der Waals surface area contributed by atoms with Gasteiger partial charge in [0.05, 0.1) is 65.4 Å². The Kier molecular flexibility index (Phi) is 6.64. The predicted molar refractivity (Wildman–Crippen MR) is 139 cm³/mol. The summed E-state index contributed by atoms with van der Waals surface area (Å²) in [5.74, 6) is 2.96. The molecule has 2 fully saturated rings. The maximum atomic E-state index is 5.98. The quantitative estimate of drug-likeness (QED) is 0.412. The van der Waals surface area contributed by atoms with Crippen LogP contribution in [-0.2, 0) is 4.74 Å². The van der Waals surface area contributed by atoms with Crippen molar-refractivity contribution < 1.29 is 18.9 Å². The summed E-state index contributed by atoms with van der Waals surface area (Å²) in [5, 5.41) is 5.03. The van der Waals surface area contributed by atoms with Crippen LogP contribution in [0.25, 0.3) is 16.8 Å². The van der Waals surface area contributed by atoms with E-state index in [1.807, 2.05) is 23.6 Å². The smallest absolute Gasteiger partial charge is 0.296 e. The van der Waals surface area contributed by atoms with Gasteiger partial charge in [0.15, 0.2) is 0 Å². The molecule has 3 heterocycles. The van der Waals surface area contributed by atoms with Gasteiger partial charge >= 0.3 is 0 Å². The molecule has 7 heteroatoms. The molecule has 188 valence electrons. The van der Waals surface area contributed by atoms with Crippen molar-refractivity contribution >= 4 is 11.2 Å². The van der Waals surface area contributed by atoms with E-state index in [-0.39, 0.29) is 0 Å². The Balaban J connectivity index is 1.73. The first-order chi connectivity index (χ1) is 17.0. The standard InChI is InChI=1S/C28H38N3O4/c1-19-16-24(32-3)26(25(17-19)33-4)22-10-7-11-23-27(28(34-5)29-30(22)23)31(2,18-20-8-6-9-20)21-12-14-35-15-13-21/h7,10-11,16-17,20-21H,6,8-9,12-15,18H2,1-5H3/q+1. The lowest BCUT2D eigenvalue weighted by Crippen LogP contribution is -2.58. The Morgan fingerprint density at radius 3 is 2.26 bits per heavy atom. The molecular weight excluding hydrogens is 442 g/mol. The molecule has 5 rings (SSSR count). The molecule has 1 atom stereocenters. The molecule has 2 aromatic heterocycles. The number of aromatic nitrogens is 2. The SMILES string of the molecule is COc1cc(C)cc(OC)c1-c1cccc2c([N+](C)(CC3CCC3)C3CCOCC3)c(OC)nn12. The second-order valence-electron chi connectivity index (χ2n) is 10.2. The molecule has 1 aliphatic heterocycles. The fourth-order valence-corrected chi connectivity index (χ4v) is 6.03. The first-order valence-electron chi connectivity index (χ1n) is 12.7. The van der Waals surface area contributed by atoms with Gasteiger partial charge in [-0.25, -0.2) is 4.52 Å². The highest BCUT2D eigenvalue weighted by molar-refractivity contribution is 5.83. The normalized spacial score (nSPS) is 18.8. The summed E-state index contributed by atoms with van der Waals surface area (Å²) in [7, 11) is 7.51. The van der Waals surface area contributed by atoms with Gasteiger partial charge in [0.25, 0.3) is 5.88 Å². The minimum atomic E-state index is 0.471. The van der Waals surface area contributed by atoms with Crippen molar-refractivity contribution in [1.29, 1.82) is 0 Å². The van der Waals surface area contributed by atoms with Crippen molar-refractivity contribution in [3.05, 3.63) is 35.9 Å². The number of hydrogen-bond acceptors (Lipinski definition) is 5. The number of fused-ring (bicyclic) bond motifs is 1. The van der Waals surface area contributed by atoms with Crippen LogP contribution in [0, 0.1) is 12.8 Å². The Morgan fingerprint density at radius 2 is 1.69 bits per heavy atom. The Hall–Kier alpha value is -2.77. The zero-order valence-electron chi connectivity index (χ0n) is 21.7. The van der Waals surface area contributed by atoms with Gasteiger partial charge in [0, 0.05) is 18.8 Å². The highest BCUT2D eigenvalue weighted by atomic mass is 16.5. The number of aryl methyl sites for hydroxylation is 1. The third kappa shape index (κ3) is 4.15. The van der Waals surface area contributed by atoms with Gasteiger partial charge in [-0.15, -0.1) is 5.10 Å². The van der Waals surface area contributed by atoms with E-state index in [0.29, 0.717) is 11.9 Å². The number of methoxy groups -OCH3 is 3. The van der Waals surface area contributed by atoms with Crippen molar-refractivity contribution in [2.24, 2.45) is 5.92 Å². The van der Waals surface area contributed by atoms with E-state index in [1.54, 1.807) is 21.3 Å². The first-order valence-corrected chi connectivity index (χ1v) is 12.7. The lowest BCUT2D eigenvalue weighted by molar-refractivity contribution is 0.0353. The minimum Gasteiger partial charge on any atom is -0.496 e. The summed E-state index contributed by atoms with van der Waals surface area (Å²) < 4.78 is 26.2. The average Bonchev–Trinajstić information content (AvgIpc) is 3.25. The second-order valence-corrected chi connectivity index (χ2v) is 10.2. The van der Waals surface area contributed by atoms with Crippen LogP contribution < -0.4 is 18.7 Å². The molecule has 35 heavy (non-hydrogen) atoms. The van der Waals surface area contributed by atoms with Crippen molar-refractivity contribution in [3.8, 4) is 28.6 Å². The Bertz CT molecular complexity index is 1170. The summed E-state index contributed by atoms with van der Waals surface area (Å²) in [6.45, 7) is 4.77. The maximum Gasteiger partial charge on any atom is 0.296 e. The number of ether oxygens (including phenoxy) is 4. The average molecular weight is 481 g/mol. The van der Waals surface area contributed by atoms with Crippen LogP contribution in [0.1, 0.15) is 37.7 Å². The lowest BCUT2D eigenvalue weighted by Gasteiger charge is -2.45. The molecule has 1 aromatic carbocycles. The number of quaternary nitrogens is 1. The van der Waals surface area contributed by atoms with E-state index < -0.39 is 0 Å². The van der Waals surface area contributed by atoms with Crippen LogP contribution in [0.4, 0.5) is 5.69 Å². The number of nitrogens with zero attached hydrogens (tertiary/aromatic N) is 3. The monoisotopic (exact) mass is 480 g/mol. The van der Waals surface area contributed by atoms with Gasteiger partial charge < -0.3 is 18.9 Å². The van der Waals surface area contributed by atoms with Crippen molar-refractivity contribution in [1.82, 2.24) is 14.1 Å². The first kappa shape index (κ1) is 23.9. The van der Waals surface area contributed by atoms with E-state index in [1.165, 1.54) is 19.3 Å². The van der Waals surface area contributed by atoms with Crippen LogP contribution >= 0.6 is 0 Å². The molecule has 1 saturated heterocycles. The fraction of sp³-hybridized carbons (Fsp3) is 0.536. The van der Waals surface area contributed by atoms with Crippen molar-refractivity contribution in [2.75, 3.05) is 48.1 Å². The highest BCUT2D eigenvalue weighted by Gasteiger charge is 2.44. The van der Waals surface area contributed by atoms with E-state index in [2.05, 4.69) is 25.2 Å². The molecule has 0 radical (unpaired) electrons. The largest absolute Gasteiger partial charge is 0.496 e. The maximum absolute atomic E-state index is 5.98. The predicted octanol–water partition coefficient (Wildman–Crippen LogP) is 5.25. The van der Waals surface area contributed by atoms with Crippen LogP contribution in [0.5, 0.6) is 17.4 Å². The van der Waals surface area contributed by atoms with E-state index >= 15 is 0 Å². The molecular formula is C28H38N3O4+. The molecule has 1 aliphatic carbocycles. The van der Waals surface area contributed by atoms with Crippen LogP contribution in [-0.4, -0.2) is 63.8 Å². The van der Waals surface area contributed by atoms with Crippen LogP contribution in [0.3, 0.4) is 0 Å². The fourth-order valence-electron chi connectivity index (χ4n) is 6.03. The number of rotatable bonds is 8. The number of pyridine rings is 1. The van der Waals surface area contributed by atoms with Crippen molar-refractivity contribution in [2.45, 2.75) is 45.1 Å². The Labute approximate surface area is 208 Å². The molecule has 7 nitrogen and oxygen atoms in total. The van der Waals surface area contributed by atoms with Gasteiger partial charge in [-0.1, -0.05) is 12.5 Å². The van der Waals surface area contributed by atoms with Gasteiger partial charge in [0.1, 0.15) is 17.0 Å². The number of hydrogen-bond donors (Lipinski definition) is 0. The third-order valence-electron chi connectivity index (χ3n) is 8.07. The highest BCUT2D eigenvalue weighted by Crippen LogP contribution is 2.46. The summed E-state index contributed by atoms with van der Waals surface area (Å²) in [6, 6.07) is 10.9. The molecule has 3 aromatic rings. The van der Waals surface area contributed by atoms with E-state index in [0.717, 1.165) is 82.5 Å². The molecule has 0 spiro atoms. The van der Waals surface area contributed by atoms with E-state index in [4.69, 9.17) is 24.0 Å². The minimum absolute atomic E-state index is 0.471. The zero-order valence-corrected chi connectivity index (χ0v) is 21.7. The summed E-state index contributed by atoms with van der Waals surface area (Å²) in [4.78, 5) is 0. The molecule has 1 saturated carbocycles. The Morgan fingerprint density at radius 1 is 1.00 bits per heavy atom. The van der Waals surface area contributed by atoms with Crippen LogP contribution in [0.2, 0.25) is 0 Å². The van der Waals surface area contributed by atoms with Gasteiger partial charge in [-0.2, -0.15) is 0 Å².